The van der Waals surface area contributed by atoms with Crippen LogP contribution in [0.4, 0.5) is 4.39 Å². The Morgan fingerprint density at radius 1 is 1.53 bits per heavy atom. The minimum Gasteiger partial charge on any atom is -0.350 e. The van der Waals surface area contributed by atoms with Gasteiger partial charge in [0.2, 0.25) is 0 Å². The highest BCUT2D eigenvalue weighted by Gasteiger charge is 2.32. The number of carbonyl (C=O) groups excluding carboxylic acids is 1. The average Bonchev–Trinajstić information content (AvgIpc) is 2.23. The van der Waals surface area contributed by atoms with Gasteiger partial charge in [0.25, 0.3) is 5.91 Å². The molecule has 0 heterocycles. The third-order valence-electron chi connectivity index (χ3n) is 3.13. The highest BCUT2D eigenvalue weighted by molar-refractivity contribution is 9.10. The van der Waals surface area contributed by atoms with Crippen molar-refractivity contribution in [1.29, 1.82) is 0 Å². The predicted molar refractivity (Wildman–Crippen MR) is 67.2 cm³/mol. The fourth-order valence-electron chi connectivity index (χ4n) is 1.83. The summed E-state index contributed by atoms with van der Waals surface area (Å²) < 4.78 is 13.3. The maximum atomic E-state index is 12.9. The molecule has 0 saturated heterocycles. The molecular weight excluding hydrogens is 287 g/mol. The van der Waals surface area contributed by atoms with Crippen molar-refractivity contribution in [2.75, 3.05) is 6.54 Å². The third kappa shape index (κ3) is 2.84. The number of halogens is 2. The molecule has 0 radical (unpaired) electrons. The van der Waals surface area contributed by atoms with E-state index in [1.54, 1.807) is 0 Å². The van der Waals surface area contributed by atoms with Crippen LogP contribution in [-0.2, 0) is 0 Å². The van der Waals surface area contributed by atoms with Crippen LogP contribution in [0.25, 0.3) is 0 Å². The van der Waals surface area contributed by atoms with Gasteiger partial charge in [0.1, 0.15) is 5.82 Å². The molecule has 5 heteroatoms. The van der Waals surface area contributed by atoms with Crippen LogP contribution in [0.2, 0.25) is 0 Å². The molecule has 92 valence electrons. The standard InChI is InChI=1S/C12H14BrFN2O/c13-10-6-8(14)2-3-9(10)11(17)16-7-12(15)4-1-5-12/h2-3,6H,1,4-5,7,15H2,(H,16,17). The minimum absolute atomic E-state index is 0.228. The Hall–Kier alpha value is -0.940. The molecule has 2 rings (SSSR count). The van der Waals surface area contributed by atoms with Gasteiger partial charge >= 0.3 is 0 Å². The van der Waals surface area contributed by atoms with Crippen molar-refractivity contribution in [2.45, 2.75) is 24.8 Å². The average molecular weight is 301 g/mol. The van der Waals surface area contributed by atoms with Gasteiger partial charge in [0.15, 0.2) is 0 Å². The van der Waals surface area contributed by atoms with Gasteiger partial charge in [0, 0.05) is 16.6 Å². The van der Waals surface area contributed by atoms with E-state index < -0.39 is 0 Å². The fraction of sp³-hybridized carbons (Fsp3) is 0.417. The number of hydrogen-bond donors (Lipinski definition) is 2. The Kier molecular flexibility index (Phi) is 3.49. The van der Waals surface area contributed by atoms with E-state index in [1.165, 1.54) is 18.2 Å². The van der Waals surface area contributed by atoms with E-state index in [2.05, 4.69) is 21.2 Å². The number of benzene rings is 1. The summed E-state index contributed by atoms with van der Waals surface area (Å²) in [4.78, 5) is 11.8. The van der Waals surface area contributed by atoms with Gasteiger partial charge in [0.05, 0.1) is 5.56 Å². The predicted octanol–water partition coefficient (Wildman–Crippen LogP) is 2.20. The minimum atomic E-state index is -0.372. The van der Waals surface area contributed by atoms with Crippen LogP contribution in [0, 0.1) is 5.82 Å². The van der Waals surface area contributed by atoms with Gasteiger partial charge in [-0.25, -0.2) is 4.39 Å². The molecule has 1 aromatic rings. The van der Waals surface area contributed by atoms with Crippen LogP contribution in [-0.4, -0.2) is 18.0 Å². The lowest BCUT2D eigenvalue weighted by Crippen LogP contribution is -2.54. The lowest BCUT2D eigenvalue weighted by molar-refractivity contribution is 0.0929. The number of hydrogen-bond acceptors (Lipinski definition) is 2. The summed E-state index contributed by atoms with van der Waals surface area (Å²) >= 11 is 3.17. The van der Waals surface area contributed by atoms with Crippen LogP contribution in [0.1, 0.15) is 29.6 Å². The van der Waals surface area contributed by atoms with Crippen molar-refractivity contribution in [3.8, 4) is 0 Å². The highest BCUT2D eigenvalue weighted by atomic mass is 79.9. The van der Waals surface area contributed by atoms with Crippen molar-refractivity contribution >= 4 is 21.8 Å². The summed E-state index contributed by atoms with van der Waals surface area (Å²) in [7, 11) is 0. The van der Waals surface area contributed by atoms with Crippen molar-refractivity contribution in [1.82, 2.24) is 5.32 Å². The maximum Gasteiger partial charge on any atom is 0.252 e. The molecule has 3 N–H and O–H groups in total. The van der Waals surface area contributed by atoms with E-state index >= 15 is 0 Å². The first-order valence-corrected chi connectivity index (χ1v) is 6.32. The van der Waals surface area contributed by atoms with E-state index in [-0.39, 0.29) is 17.3 Å². The molecular formula is C12H14BrFN2O. The maximum absolute atomic E-state index is 12.9. The van der Waals surface area contributed by atoms with E-state index in [9.17, 15) is 9.18 Å². The Morgan fingerprint density at radius 3 is 2.76 bits per heavy atom. The zero-order chi connectivity index (χ0) is 12.5. The molecule has 1 amide bonds. The van der Waals surface area contributed by atoms with Crippen LogP contribution < -0.4 is 11.1 Å². The zero-order valence-electron chi connectivity index (χ0n) is 9.30. The van der Waals surface area contributed by atoms with Gasteiger partial charge in [-0.3, -0.25) is 4.79 Å². The number of carbonyl (C=O) groups is 1. The molecule has 0 spiro atoms. The first-order valence-electron chi connectivity index (χ1n) is 5.52. The first kappa shape index (κ1) is 12.5. The fourth-order valence-corrected chi connectivity index (χ4v) is 2.36. The molecule has 1 saturated carbocycles. The van der Waals surface area contributed by atoms with E-state index in [4.69, 9.17) is 5.73 Å². The van der Waals surface area contributed by atoms with Gasteiger partial charge in [-0.15, -0.1) is 0 Å². The molecule has 0 atom stereocenters. The molecule has 3 nitrogen and oxygen atoms in total. The van der Waals surface area contributed by atoms with E-state index in [1.807, 2.05) is 0 Å². The van der Waals surface area contributed by atoms with Crippen LogP contribution >= 0.6 is 15.9 Å². The Bertz CT molecular complexity index is 446. The Labute approximate surface area is 108 Å². The molecule has 17 heavy (non-hydrogen) atoms. The Balaban J connectivity index is 1.99. The van der Waals surface area contributed by atoms with Gasteiger partial charge in [-0.05, 0) is 53.4 Å². The Morgan fingerprint density at radius 2 is 2.24 bits per heavy atom. The smallest absolute Gasteiger partial charge is 0.252 e. The molecule has 0 unspecified atom stereocenters. The lowest BCUT2D eigenvalue weighted by Gasteiger charge is -2.38. The normalized spacial score (nSPS) is 17.4. The second-order valence-corrected chi connectivity index (χ2v) is 5.38. The summed E-state index contributed by atoms with van der Waals surface area (Å²) in [6.07, 6.45) is 3.00. The lowest BCUT2D eigenvalue weighted by atomic mass is 9.78. The van der Waals surface area contributed by atoms with Crippen molar-refractivity contribution in [3.63, 3.8) is 0 Å². The van der Waals surface area contributed by atoms with Crippen molar-refractivity contribution < 1.29 is 9.18 Å². The van der Waals surface area contributed by atoms with Crippen molar-refractivity contribution in [2.24, 2.45) is 5.73 Å². The number of rotatable bonds is 3. The summed E-state index contributed by atoms with van der Waals surface area (Å²) in [6, 6.07) is 4.00. The molecule has 1 fully saturated rings. The van der Waals surface area contributed by atoms with E-state index in [0.717, 1.165) is 19.3 Å². The number of nitrogens with one attached hydrogen (secondary N) is 1. The van der Waals surface area contributed by atoms with Gasteiger partial charge < -0.3 is 11.1 Å². The van der Waals surface area contributed by atoms with E-state index in [0.29, 0.717) is 16.6 Å². The molecule has 0 bridgehead atoms. The second kappa shape index (κ2) is 4.74. The topological polar surface area (TPSA) is 55.1 Å². The summed E-state index contributed by atoms with van der Waals surface area (Å²) in [5.41, 5.74) is 6.18. The SMILES string of the molecule is NC1(CNC(=O)c2ccc(F)cc2Br)CCC1. The van der Waals surface area contributed by atoms with Crippen LogP contribution in [0.15, 0.2) is 22.7 Å². The van der Waals surface area contributed by atoms with Gasteiger partial charge in [-0.1, -0.05) is 0 Å². The summed E-state index contributed by atoms with van der Waals surface area (Å²) in [5.74, 6) is -0.601. The van der Waals surface area contributed by atoms with Crippen molar-refractivity contribution in [3.05, 3.63) is 34.1 Å². The molecule has 0 aliphatic heterocycles. The largest absolute Gasteiger partial charge is 0.350 e. The zero-order valence-corrected chi connectivity index (χ0v) is 10.9. The summed E-state index contributed by atoms with van der Waals surface area (Å²) in [5, 5.41) is 2.79. The number of amides is 1. The third-order valence-corrected chi connectivity index (χ3v) is 3.78. The highest BCUT2D eigenvalue weighted by Crippen LogP contribution is 2.28. The monoisotopic (exact) mass is 300 g/mol. The first-order chi connectivity index (χ1) is 8.00. The summed E-state index contributed by atoms with van der Waals surface area (Å²) in [6.45, 7) is 0.468. The molecule has 1 aliphatic rings. The number of nitrogens with two attached hydrogens (primary N) is 1. The molecule has 0 aromatic heterocycles. The van der Waals surface area contributed by atoms with Crippen LogP contribution in [0.5, 0.6) is 0 Å². The second-order valence-electron chi connectivity index (χ2n) is 4.52. The quantitative estimate of drug-likeness (QED) is 0.899. The molecule has 1 aromatic carbocycles. The van der Waals surface area contributed by atoms with Crippen LogP contribution in [0.3, 0.4) is 0 Å². The molecule has 1 aliphatic carbocycles. The van der Waals surface area contributed by atoms with Gasteiger partial charge in [-0.2, -0.15) is 0 Å².